The second-order valence-corrected chi connectivity index (χ2v) is 17.4. The molecule has 0 spiro atoms. The zero-order valence-corrected chi connectivity index (χ0v) is 44.9. The maximum absolute atomic E-state index is 12.8. The van der Waals surface area contributed by atoms with Crippen LogP contribution in [-0.2, 0) is 28.6 Å². The minimum atomic E-state index is -0.828. The van der Waals surface area contributed by atoms with E-state index in [0.29, 0.717) is 19.3 Å². The first-order valence-electron chi connectivity index (χ1n) is 27.6. The van der Waals surface area contributed by atoms with E-state index < -0.39 is 6.10 Å². The molecule has 0 radical (unpaired) electrons. The second kappa shape index (κ2) is 57.3. The van der Waals surface area contributed by atoms with E-state index in [1.165, 1.54) is 0 Å². The van der Waals surface area contributed by atoms with Crippen molar-refractivity contribution in [1.82, 2.24) is 0 Å². The molecule has 1 unspecified atom stereocenters. The van der Waals surface area contributed by atoms with Crippen LogP contribution in [0, 0.1) is 0 Å². The summed E-state index contributed by atoms with van der Waals surface area (Å²) >= 11 is 0. The minimum Gasteiger partial charge on any atom is -0.462 e. The van der Waals surface area contributed by atoms with Gasteiger partial charge in [-0.25, -0.2) is 0 Å². The third kappa shape index (κ3) is 55.6. The quantitative estimate of drug-likeness (QED) is 0.0262. The van der Waals surface area contributed by atoms with Crippen molar-refractivity contribution >= 4 is 17.9 Å². The molecule has 0 aromatic heterocycles. The van der Waals surface area contributed by atoms with Crippen LogP contribution in [0.5, 0.6) is 0 Å². The van der Waals surface area contributed by atoms with Gasteiger partial charge in [-0.3, -0.25) is 14.4 Å². The highest BCUT2D eigenvalue weighted by molar-refractivity contribution is 5.71. The molecule has 0 N–H and O–H groups in total. The van der Waals surface area contributed by atoms with Gasteiger partial charge >= 0.3 is 17.9 Å². The lowest BCUT2D eigenvalue weighted by Gasteiger charge is -2.18. The number of carbonyl (C=O) groups is 3. The van der Waals surface area contributed by atoms with E-state index in [2.05, 4.69) is 191 Å². The number of rotatable bonds is 47. The molecule has 0 saturated heterocycles. The Hall–Kier alpha value is -5.23. The molecular weight excluding hydrogens is 877 g/mol. The molecule has 0 aliphatic heterocycles. The van der Waals surface area contributed by atoms with Crippen molar-refractivity contribution < 1.29 is 28.6 Å². The van der Waals surface area contributed by atoms with Gasteiger partial charge in [-0.05, 0) is 128 Å². The number of carbonyl (C=O) groups excluding carboxylic acids is 3. The summed E-state index contributed by atoms with van der Waals surface area (Å²) in [4.78, 5) is 37.7. The standard InChI is InChI=1S/C65H98O6/c1-4-7-10-13-15-17-19-21-23-25-27-29-31-32-34-35-37-39-41-43-45-47-49-52-55-58-64(67)70-61-62(60-69-63(66)57-54-51-12-9-6-3)71-65(68)59-56-53-50-48-46-44-42-40-38-36-33-30-28-26-24-22-20-18-16-14-11-8-5-2/h7-8,10-11,15-18,21-24,27-30,32,34,36-39,42-45,48,50,62H,4-6,9,12-14,19-20,25-26,31,33,35,40-41,46-47,49,51-61H2,1-3H3/b10-7-,11-8-,17-15-,18-16-,23-21-,24-22-,29-27-,30-28-,34-32-,38-36-,39-37-,44-42-,45-43-,50-48-. The molecule has 0 amide bonds. The summed E-state index contributed by atoms with van der Waals surface area (Å²) in [5, 5.41) is 0. The van der Waals surface area contributed by atoms with Gasteiger partial charge in [0.25, 0.3) is 0 Å². The van der Waals surface area contributed by atoms with E-state index in [1.54, 1.807) is 0 Å². The maximum Gasteiger partial charge on any atom is 0.306 e. The summed E-state index contributed by atoms with van der Waals surface area (Å²) in [5.41, 5.74) is 0. The van der Waals surface area contributed by atoms with E-state index in [0.717, 1.165) is 154 Å². The fourth-order valence-corrected chi connectivity index (χ4v) is 6.64. The van der Waals surface area contributed by atoms with Gasteiger partial charge in [0.05, 0.1) is 0 Å². The van der Waals surface area contributed by atoms with Gasteiger partial charge < -0.3 is 14.2 Å². The van der Waals surface area contributed by atoms with Gasteiger partial charge in [-0.15, -0.1) is 0 Å². The van der Waals surface area contributed by atoms with Gasteiger partial charge in [-0.2, -0.15) is 0 Å². The molecule has 0 bridgehead atoms. The van der Waals surface area contributed by atoms with Crippen LogP contribution >= 0.6 is 0 Å². The highest BCUT2D eigenvalue weighted by Crippen LogP contribution is 2.10. The lowest BCUT2D eigenvalue weighted by atomic mass is 10.1. The molecular formula is C65H98O6. The summed E-state index contributed by atoms with van der Waals surface area (Å²) in [7, 11) is 0. The summed E-state index contributed by atoms with van der Waals surface area (Å²) in [6, 6.07) is 0. The van der Waals surface area contributed by atoms with Crippen molar-refractivity contribution in [2.75, 3.05) is 13.2 Å². The van der Waals surface area contributed by atoms with E-state index in [1.807, 2.05) is 0 Å². The Labute approximate surface area is 434 Å². The Bertz CT molecular complexity index is 1690. The van der Waals surface area contributed by atoms with Crippen LogP contribution in [0.2, 0.25) is 0 Å². The van der Waals surface area contributed by atoms with Crippen LogP contribution in [0.3, 0.4) is 0 Å². The highest BCUT2D eigenvalue weighted by atomic mass is 16.6. The monoisotopic (exact) mass is 975 g/mol. The fraction of sp³-hybridized carbons (Fsp3) is 0.523. The van der Waals surface area contributed by atoms with E-state index in [4.69, 9.17) is 14.2 Å². The Morgan fingerprint density at radius 1 is 0.296 bits per heavy atom. The molecule has 394 valence electrons. The van der Waals surface area contributed by atoms with Crippen LogP contribution in [0.25, 0.3) is 0 Å². The predicted molar refractivity (Wildman–Crippen MR) is 306 cm³/mol. The molecule has 6 heteroatoms. The van der Waals surface area contributed by atoms with Crippen molar-refractivity contribution in [3.8, 4) is 0 Å². The molecule has 0 aromatic rings. The van der Waals surface area contributed by atoms with Gasteiger partial charge in [0, 0.05) is 19.3 Å². The fourth-order valence-electron chi connectivity index (χ4n) is 6.64. The van der Waals surface area contributed by atoms with E-state index in [9.17, 15) is 14.4 Å². The van der Waals surface area contributed by atoms with Crippen LogP contribution in [0.15, 0.2) is 170 Å². The molecule has 0 aliphatic rings. The predicted octanol–water partition coefficient (Wildman–Crippen LogP) is 18.8. The summed E-state index contributed by atoms with van der Waals surface area (Å²) in [5.74, 6) is -1.04. The SMILES string of the molecule is CC/C=C\C/C=C\C/C=C\C/C=C\C/C=C\C/C=C\C/C=C\CCCCCC(=O)OCC(COC(=O)CCCCCCC)OC(=O)CCC/C=C\C/C=C\C/C=C\C/C=C\C/C=C\C/C=C\C/C=C\CC. The number of esters is 3. The molecule has 0 rings (SSSR count). The average Bonchev–Trinajstić information content (AvgIpc) is 3.37. The Morgan fingerprint density at radius 3 is 0.887 bits per heavy atom. The normalized spacial score (nSPS) is 13.5. The zero-order chi connectivity index (χ0) is 51.4. The molecule has 6 nitrogen and oxygen atoms in total. The van der Waals surface area contributed by atoms with E-state index in [-0.39, 0.29) is 37.5 Å². The average molecular weight is 975 g/mol. The maximum atomic E-state index is 12.8. The highest BCUT2D eigenvalue weighted by Gasteiger charge is 2.19. The van der Waals surface area contributed by atoms with Crippen molar-refractivity contribution in [3.63, 3.8) is 0 Å². The molecule has 0 heterocycles. The third-order valence-corrected chi connectivity index (χ3v) is 10.7. The van der Waals surface area contributed by atoms with Crippen LogP contribution in [0.1, 0.15) is 201 Å². The van der Waals surface area contributed by atoms with Crippen molar-refractivity contribution in [1.29, 1.82) is 0 Å². The number of allylic oxidation sites excluding steroid dienone is 28. The Kier molecular flexibility index (Phi) is 53.1. The first-order chi connectivity index (χ1) is 35.0. The summed E-state index contributed by atoms with van der Waals surface area (Å²) in [6.45, 7) is 6.22. The third-order valence-electron chi connectivity index (χ3n) is 10.7. The smallest absolute Gasteiger partial charge is 0.306 e. The molecule has 71 heavy (non-hydrogen) atoms. The largest absolute Gasteiger partial charge is 0.462 e. The summed E-state index contributed by atoms with van der Waals surface area (Å²) < 4.78 is 16.6. The molecule has 0 aliphatic carbocycles. The number of unbranched alkanes of at least 4 members (excludes halogenated alkanes) is 8. The van der Waals surface area contributed by atoms with Crippen LogP contribution < -0.4 is 0 Å². The number of hydrogen-bond acceptors (Lipinski definition) is 6. The molecule has 0 fully saturated rings. The minimum absolute atomic E-state index is 0.121. The Morgan fingerprint density at radius 2 is 0.563 bits per heavy atom. The van der Waals surface area contributed by atoms with Gasteiger partial charge in [0.1, 0.15) is 13.2 Å². The van der Waals surface area contributed by atoms with Crippen molar-refractivity contribution in [3.05, 3.63) is 170 Å². The molecule has 0 saturated carbocycles. The van der Waals surface area contributed by atoms with Crippen LogP contribution in [-0.4, -0.2) is 37.2 Å². The first-order valence-corrected chi connectivity index (χ1v) is 27.6. The van der Waals surface area contributed by atoms with Crippen molar-refractivity contribution in [2.24, 2.45) is 0 Å². The topological polar surface area (TPSA) is 78.9 Å². The van der Waals surface area contributed by atoms with Gasteiger partial charge in [0.15, 0.2) is 6.10 Å². The molecule has 0 aromatic carbocycles. The van der Waals surface area contributed by atoms with Crippen molar-refractivity contribution in [2.45, 2.75) is 207 Å². The lowest BCUT2D eigenvalue weighted by Crippen LogP contribution is -2.30. The summed E-state index contributed by atoms with van der Waals surface area (Å²) in [6.07, 6.45) is 85.3. The van der Waals surface area contributed by atoms with Gasteiger partial charge in [0.2, 0.25) is 0 Å². The second-order valence-electron chi connectivity index (χ2n) is 17.4. The van der Waals surface area contributed by atoms with Gasteiger partial charge in [-0.1, -0.05) is 223 Å². The zero-order valence-electron chi connectivity index (χ0n) is 44.9. The number of hydrogen-bond donors (Lipinski definition) is 0. The number of ether oxygens (including phenoxy) is 3. The molecule has 1 atom stereocenters. The van der Waals surface area contributed by atoms with E-state index >= 15 is 0 Å². The lowest BCUT2D eigenvalue weighted by molar-refractivity contribution is -0.167. The first kappa shape index (κ1) is 65.8. The Balaban J connectivity index is 4.35. The van der Waals surface area contributed by atoms with Crippen LogP contribution in [0.4, 0.5) is 0 Å².